The molecule has 0 aliphatic heterocycles. The summed E-state index contributed by atoms with van der Waals surface area (Å²) >= 11 is 0. The Morgan fingerprint density at radius 1 is 1.32 bits per heavy atom. The first-order valence-electron chi connectivity index (χ1n) is 6.63. The van der Waals surface area contributed by atoms with Crippen LogP contribution in [0.4, 0.5) is 0 Å². The lowest BCUT2D eigenvalue weighted by molar-refractivity contribution is -0.709. The number of H-pyrrole nitrogens is 1. The van der Waals surface area contributed by atoms with Crippen LogP contribution < -0.4 is 9.30 Å². The van der Waals surface area contributed by atoms with Crippen molar-refractivity contribution in [3.05, 3.63) is 48.0 Å². The summed E-state index contributed by atoms with van der Waals surface area (Å²) in [6.45, 7) is 4.95. The molecule has 0 aliphatic rings. The molecule has 2 N–H and O–H groups in total. The summed E-state index contributed by atoms with van der Waals surface area (Å²) in [5.41, 5.74) is 1.10. The molecule has 1 aromatic heterocycles. The number of imidazole rings is 1. The molecule has 2 rings (SSSR count). The van der Waals surface area contributed by atoms with Gasteiger partial charge in [0.25, 0.3) is 5.82 Å². The minimum absolute atomic E-state index is 0.296. The first kappa shape index (κ1) is 13.6. The fourth-order valence-corrected chi connectivity index (χ4v) is 2.09. The summed E-state index contributed by atoms with van der Waals surface area (Å²) in [6, 6.07) is 9.55. The Hall–Kier alpha value is -1.81. The predicted molar refractivity (Wildman–Crippen MR) is 73.0 cm³/mol. The summed E-state index contributed by atoms with van der Waals surface area (Å²) in [6.07, 6.45) is 2.41. The largest absolute Gasteiger partial charge is 0.491 e. The monoisotopic (exact) mass is 261 g/mol. The highest BCUT2D eigenvalue weighted by Crippen LogP contribution is 2.08. The van der Waals surface area contributed by atoms with Crippen LogP contribution in [0.5, 0.6) is 5.75 Å². The third kappa shape index (κ3) is 3.83. The normalized spacial score (nSPS) is 12.4. The number of para-hydroxylation sites is 1. The number of benzene rings is 1. The van der Waals surface area contributed by atoms with E-state index < -0.39 is 6.10 Å². The molecule has 0 saturated heterocycles. The SMILES string of the molecule is CCc1[nH]c(C)c[n+]1CC(O)COc1ccccc1. The van der Waals surface area contributed by atoms with E-state index >= 15 is 0 Å². The zero-order chi connectivity index (χ0) is 13.7. The molecule has 1 aromatic carbocycles. The molecule has 1 heterocycles. The third-order valence-corrected chi connectivity index (χ3v) is 2.97. The molecular weight excluding hydrogens is 240 g/mol. The molecule has 1 unspecified atom stereocenters. The Labute approximate surface area is 113 Å². The summed E-state index contributed by atoms with van der Waals surface area (Å²) < 4.78 is 7.60. The van der Waals surface area contributed by atoms with Gasteiger partial charge in [0.1, 0.15) is 36.9 Å². The van der Waals surface area contributed by atoms with Crippen LogP contribution in [0.3, 0.4) is 0 Å². The lowest BCUT2D eigenvalue weighted by Crippen LogP contribution is -2.43. The maximum Gasteiger partial charge on any atom is 0.254 e. The number of rotatable bonds is 6. The number of aromatic nitrogens is 2. The number of aromatic amines is 1. The summed E-state index contributed by atoms with van der Waals surface area (Å²) in [5.74, 6) is 1.91. The first-order valence-corrected chi connectivity index (χ1v) is 6.63. The van der Waals surface area contributed by atoms with Gasteiger partial charge in [0.2, 0.25) is 0 Å². The number of hydrogen-bond acceptors (Lipinski definition) is 2. The van der Waals surface area contributed by atoms with Crippen LogP contribution in [0, 0.1) is 6.92 Å². The number of aliphatic hydroxyl groups is 1. The van der Waals surface area contributed by atoms with E-state index in [0.29, 0.717) is 13.2 Å². The average Bonchev–Trinajstić information content (AvgIpc) is 2.77. The van der Waals surface area contributed by atoms with Crippen molar-refractivity contribution in [3.8, 4) is 5.75 Å². The van der Waals surface area contributed by atoms with E-state index in [1.54, 1.807) is 0 Å². The predicted octanol–water partition coefficient (Wildman–Crippen LogP) is 1.61. The topological polar surface area (TPSA) is 49.1 Å². The Bertz CT molecular complexity index is 508. The highest BCUT2D eigenvalue weighted by atomic mass is 16.5. The quantitative estimate of drug-likeness (QED) is 0.776. The van der Waals surface area contributed by atoms with Gasteiger partial charge in [0, 0.05) is 13.3 Å². The lowest BCUT2D eigenvalue weighted by Gasteiger charge is -2.11. The van der Waals surface area contributed by atoms with E-state index in [1.807, 2.05) is 48.0 Å². The maximum absolute atomic E-state index is 10.0. The maximum atomic E-state index is 10.0. The molecule has 4 heteroatoms. The van der Waals surface area contributed by atoms with E-state index in [-0.39, 0.29) is 0 Å². The van der Waals surface area contributed by atoms with Crippen LogP contribution in [-0.4, -0.2) is 22.8 Å². The standard InChI is InChI=1S/C15H20N2O2/c1-3-15-16-12(2)9-17(15)10-13(18)11-19-14-7-5-4-6-8-14/h4-9,13,18H,3,10-11H2,1-2H3/p+1. The second kappa shape index (κ2) is 6.38. The van der Waals surface area contributed by atoms with Gasteiger partial charge in [-0.15, -0.1) is 0 Å². The number of aliphatic hydroxyl groups excluding tert-OH is 1. The van der Waals surface area contributed by atoms with Gasteiger partial charge < -0.3 is 9.84 Å². The van der Waals surface area contributed by atoms with Crippen molar-refractivity contribution < 1.29 is 14.4 Å². The number of hydrogen-bond donors (Lipinski definition) is 2. The highest BCUT2D eigenvalue weighted by molar-refractivity contribution is 5.20. The Morgan fingerprint density at radius 2 is 2.05 bits per heavy atom. The van der Waals surface area contributed by atoms with Crippen molar-refractivity contribution in [1.29, 1.82) is 0 Å². The number of ether oxygens (including phenoxy) is 1. The Kier molecular flexibility index (Phi) is 4.58. The highest BCUT2D eigenvalue weighted by Gasteiger charge is 2.16. The molecular formula is C15H21N2O2+. The van der Waals surface area contributed by atoms with E-state index in [4.69, 9.17) is 4.74 Å². The second-order valence-corrected chi connectivity index (χ2v) is 4.67. The molecule has 0 amide bonds. The molecule has 0 aliphatic carbocycles. The van der Waals surface area contributed by atoms with Crippen molar-refractivity contribution in [2.24, 2.45) is 0 Å². The second-order valence-electron chi connectivity index (χ2n) is 4.67. The van der Waals surface area contributed by atoms with Crippen molar-refractivity contribution >= 4 is 0 Å². The van der Waals surface area contributed by atoms with Crippen LogP contribution >= 0.6 is 0 Å². The first-order chi connectivity index (χ1) is 9.19. The van der Waals surface area contributed by atoms with Crippen molar-refractivity contribution in [2.75, 3.05) is 6.61 Å². The van der Waals surface area contributed by atoms with Gasteiger partial charge in [-0.1, -0.05) is 25.1 Å². The fourth-order valence-electron chi connectivity index (χ4n) is 2.09. The van der Waals surface area contributed by atoms with Crippen LogP contribution in [-0.2, 0) is 13.0 Å². The lowest BCUT2D eigenvalue weighted by atomic mass is 10.3. The number of nitrogens with one attached hydrogen (secondary N) is 1. The van der Waals surface area contributed by atoms with Crippen LogP contribution in [0.15, 0.2) is 36.5 Å². The van der Waals surface area contributed by atoms with Crippen LogP contribution in [0.2, 0.25) is 0 Å². The third-order valence-electron chi connectivity index (χ3n) is 2.97. The molecule has 4 nitrogen and oxygen atoms in total. The minimum atomic E-state index is -0.522. The number of aryl methyl sites for hydroxylation is 2. The van der Waals surface area contributed by atoms with E-state index in [1.165, 1.54) is 0 Å². The average molecular weight is 261 g/mol. The Morgan fingerprint density at radius 3 is 2.74 bits per heavy atom. The van der Waals surface area contributed by atoms with Crippen molar-refractivity contribution in [3.63, 3.8) is 0 Å². The molecule has 1 atom stereocenters. The van der Waals surface area contributed by atoms with Crippen molar-refractivity contribution in [1.82, 2.24) is 4.98 Å². The molecule has 19 heavy (non-hydrogen) atoms. The summed E-state index contributed by atoms with van der Waals surface area (Å²) in [7, 11) is 0. The van der Waals surface area contributed by atoms with Crippen LogP contribution in [0.25, 0.3) is 0 Å². The van der Waals surface area contributed by atoms with Gasteiger partial charge in [-0.25, -0.2) is 9.55 Å². The van der Waals surface area contributed by atoms with Gasteiger partial charge >= 0.3 is 0 Å². The summed E-state index contributed by atoms with van der Waals surface area (Å²) in [5, 5.41) is 10.0. The zero-order valence-electron chi connectivity index (χ0n) is 11.5. The van der Waals surface area contributed by atoms with E-state index in [2.05, 4.69) is 11.9 Å². The summed E-state index contributed by atoms with van der Waals surface area (Å²) in [4.78, 5) is 3.28. The van der Waals surface area contributed by atoms with E-state index in [0.717, 1.165) is 23.7 Å². The fraction of sp³-hybridized carbons (Fsp3) is 0.400. The molecule has 0 saturated carbocycles. The van der Waals surface area contributed by atoms with Gasteiger partial charge in [0.05, 0.1) is 0 Å². The van der Waals surface area contributed by atoms with Gasteiger partial charge in [-0.3, -0.25) is 0 Å². The smallest absolute Gasteiger partial charge is 0.254 e. The molecule has 102 valence electrons. The molecule has 0 fully saturated rings. The Balaban J connectivity index is 1.88. The van der Waals surface area contributed by atoms with Crippen molar-refractivity contribution in [2.45, 2.75) is 32.9 Å². The number of nitrogens with zero attached hydrogens (tertiary/aromatic N) is 1. The molecule has 0 radical (unpaired) electrons. The minimum Gasteiger partial charge on any atom is -0.491 e. The van der Waals surface area contributed by atoms with E-state index in [9.17, 15) is 5.11 Å². The molecule has 0 spiro atoms. The van der Waals surface area contributed by atoms with Gasteiger partial charge in [0.15, 0.2) is 0 Å². The van der Waals surface area contributed by atoms with Gasteiger partial charge in [-0.2, -0.15) is 0 Å². The van der Waals surface area contributed by atoms with Crippen LogP contribution in [0.1, 0.15) is 18.4 Å². The zero-order valence-corrected chi connectivity index (χ0v) is 11.5. The molecule has 0 bridgehead atoms. The molecule has 2 aromatic rings. The van der Waals surface area contributed by atoms with Gasteiger partial charge in [-0.05, 0) is 12.1 Å².